The Kier molecular flexibility index (Phi) is 6.41. The predicted molar refractivity (Wildman–Crippen MR) is 60.8 cm³/mol. The van der Waals surface area contributed by atoms with Gasteiger partial charge in [0.1, 0.15) is 0 Å². The van der Waals surface area contributed by atoms with Crippen molar-refractivity contribution in [1.29, 1.82) is 0 Å². The minimum Gasteiger partial charge on any atom is -0.469 e. The van der Waals surface area contributed by atoms with Crippen molar-refractivity contribution < 1.29 is 9.53 Å². The first kappa shape index (κ1) is 12.5. The quantitative estimate of drug-likeness (QED) is 0.673. The van der Waals surface area contributed by atoms with E-state index in [4.69, 9.17) is 0 Å². The number of rotatable bonds is 3. The standard InChI is InChI=1S/C12H23NO2/c1-15-12(14)8-11-13-9-6-4-2-3-5-7-10-13/h2-11H2,1H3. The van der Waals surface area contributed by atoms with Gasteiger partial charge >= 0.3 is 5.97 Å². The van der Waals surface area contributed by atoms with Crippen LogP contribution in [0.5, 0.6) is 0 Å². The maximum Gasteiger partial charge on any atom is 0.306 e. The van der Waals surface area contributed by atoms with Crippen LogP contribution in [-0.2, 0) is 9.53 Å². The molecule has 3 nitrogen and oxygen atoms in total. The average molecular weight is 213 g/mol. The van der Waals surface area contributed by atoms with E-state index in [-0.39, 0.29) is 5.97 Å². The van der Waals surface area contributed by atoms with E-state index in [2.05, 4.69) is 9.64 Å². The highest BCUT2D eigenvalue weighted by molar-refractivity contribution is 5.69. The van der Waals surface area contributed by atoms with Gasteiger partial charge in [0.25, 0.3) is 0 Å². The largest absolute Gasteiger partial charge is 0.469 e. The first-order valence-corrected chi connectivity index (χ1v) is 6.12. The van der Waals surface area contributed by atoms with Crippen LogP contribution < -0.4 is 0 Å². The minimum atomic E-state index is -0.0881. The minimum absolute atomic E-state index is 0.0881. The fraction of sp³-hybridized carbons (Fsp3) is 0.917. The van der Waals surface area contributed by atoms with E-state index in [1.807, 2.05) is 0 Å². The predicted octanol–water partition coefficient (Wildman–Crippen LogP) is 2.21. The molecule has 0 atom stereocenters. The number of nitrogens with zero attached hydrogens (tertiary/aromatic N) is 1. The highest BCUT2D eigenvalue weighted by atomic mass is 16.5. The number of carbonyl (C=O) groups is 1. The molecule has 15 heavy (non-hydrogen) atoms. The molecule has 0 radical (unpaired) electrons. The molecule has 1 saturated heterocycles. The van der Waals surface area contributed by atoms with Crippen LogP contribution in [-0.4, -0.2) is 37.6 Å². The molecule has 1 fully saturated rings. The second-order valence-electron chi connectivity index (χ2n) is 4.29. The lowest BCUT2D eigenvalue weighted by molar-refractivity contribution is -0.141. The summed E-state index contributed by atoms with van der Waals surface area (Å²) >= 11 is 0. The summed E-state index contributed by atoms with van der Waals surface area (Å²) in [6.45, 7) is 3.17. The van der Waals surface area contributed by atoms with Gasteiger partial charge in [-0.1, -0.05) is 25.7 Å². The van der Waals surface area contributed by atoms with Gasteiger partial charge < -0.3 is 9.64 Å². The maximum absolute atomic E-state index is 11.0. The van der Waals surface area contributed by atoms with Crippen molar-refractivity contribution in [3.8, 4) is 0 Å². The summed E-state index contributed by atoms with van der Waals surface area (Å²) in [7, 11) is 1.46. The lowest BCUT2D eigenvalue weighted by Gasteiger charge is -2.20. The fourth-order valence-corrected chi connectivity index (χ4v) is 2.06. The Morgan fingerprint density at radius 2 is 1.60 bits per heavy atom. The summed E-state index contributed by atoms with van der Waals surface area (Å²) in [6, 6.07) is 0. The van der Waals surface area contributed by atoms with E-state index in [0.29, 0.717) is 6.42 Å². The van der Waals surface area contributed by atoms with Gasteiger partial charge in [-0.25, -0.2) is 0 Å². The molecule has 0 bridgehead atoms. The Morgan fingerprint density at radius 3 is 2.13 bits per heavy atom. The van der Waals surface area contributed by atoms with Crippen LogP contribution in [0.25, 0.3) is 0 Å². The number of esters is 1. The van der Waals surface area contributed by atoms with Crippen molar-refractivity contribution in [2.45, 2.75) is 44.9 Å². The van der Waals surface area contributed by atoms with E-state index in [1.165, 1.54) is 45.6 Å². The van der Waals surface area contributed by atoms with Gasteiger partial charge in [-0.3, -0.25) is 4.79 Å². The zero-order valence-electron chi connectivity index (χ0n) is 9.83. The number of hydrogen-bond acceptors (Lipinski definition) is 3. The van der Waals surface area contributed by atoms with Crippen molar-refractivity contribution in [3.05, 3.63) is 0 Å². The Hall–Kier alpha value is -0.570. The van der Waals surface area contributed by atoms with Gasteiger partial charge in [0.05, 0.1) is 13.5 Å². The molecule has 0 spiro atoms. The molecule has 1 aliphatic heterocycles. The molecule has 0 aromatic rings. The Balaban J connectivity index is 2.21. The molecule has 0 aliphatic carbocycles. The van der Waals surface area contributed by atoms with E-state index in [0.717, 1.165) is 19.6 Å². The second-order valence-corrected chi connectivity index (χ2v) is 4.29. The fourth-order valence-electron chi connectivity index (χ4n) is 2.06. The topological polar surface area (TPSA) is 29.5 Å². The normalized spacial score (nSPS) is 20.1. The molecule has 3 heteroatoms. The molecule has 1 aliphatic rings. The number of methoxy groups -OCH3 is 1. The maximum atomic E-state index is 11.0. The Bertz CT molecular complexity index is 172. The van der Waals surface area contributed by atoms with Crippen molar-refractivity contribution >= 4 is 5.97 Å². The van der Waals surface area contributed by atoms with Gasteiger partial charge in [-0.15, -0.1) is 0 Å². The summed E-state index contributed by atoms with van der Waals surface area (Å²) in [5.74, 6) is -0.0881. The third-order valence-corrected chi connectivity index (χ3v) is 3.06. The van der Waals surface area contributed by atoms with Gasteiger partial charge in [-0.2, -0.15) is 0 Å². The summed E-state index contributed by atoms with van der Waals surface area (Å²) in [5.41, 5.74) is 0. The molecule has 1 heterocycles. The Morgan fingerprint density at radius 1 is 1.07 bits per heavy atom. The highest BCUT2D eigenvalue weighted by Gasteiger charge is 2.09. The summed E-state index contributed by atoms with van der Waals surface area (Å²) < 4.78 is 4.66. The van der Waals surface area contributed by atoms with Crippen molar-refractivity contribution in [2.75, 3.05) is 26.7 Å². The summed E-state index contributed by atoms with van der Waals surface area (Å²) in [5, 5.41) is 0. The smallest absolute Gasteiger partial charge is 0.306 e. The van der Waals surface area contributed by atoms with Crippen LogP contribution in [0.2, 0.25) is 0 Å². The monoisotopic (exact) mass is 213 g/mol. The Labute approximate surface area is 92.8 Å². The second kappa shape index (κ2) is 7.69. The molecule has 0 unspecified atom stereocenters. The molecular formula is C12H23NO2. The van der Waals surface area contributed by atoms with E-state index in [1.54, 1.807) is 0 Å². The number of ether oxygens (including phenoxy) is 1. The molecular weight excluding hydrogens is 190 g/mol. The van der Waals surface area contributed by atoms with Gasteiger partial charge in [-0.05, 0) is 25.9 Å². The van der Waals surface area contributed by atoms with Crippen molar-refractivity contribution in [1.82, 2.24) is 4.90 Å². The molecule has 0 N–H and O–H groups in total. The highest BCUT2D eigenvalue weighted by Crippen LogP contribution is 2.11. The van der Waals surface area contributed by atoms with Crippen LogP contribution in [0, 0.1) is 0 Å². The van der Waals surface area contributed by atoms with Gasteiger partial charge in [0.15, 0.2) is 0 Å². The van der Waals surface area contributed by atoms with Gasteiger partial charge in [0.2, 0.25) is 0 Å². The summed E-state index contributed by atoms with van der Waals surface area (Å²) in [6.07, 6.45) is 8.54. The number of carbonyl (C=O) groups excluding carboxylic acids is 1. The van der Waals surface area contributed by atoms with Crippen LogP contribution >= 0.6 is 0 Å². The van der Waals surface area contributed by atoms with Gasteiger partial charge in [0, 0.05) is 6.54 Å². The lowest BCUT2D eigenvalue weighted by atomic mass is 10.1. The summed E-state index contributed by atoms with van der Waals surface area (Å²) in [4.78, 5) is 13.4. The molecule has 1 rings (SSSR count). The van der Waals surface area contributed by atoms with Crippen molar-refractivity contribution in [2.24, 2.45) is 0 Å². The molecule has 0 amide bonds. The SMILES string of the molecule is COC(=O)CCN1CCCCCCCC1. The van der Waals surface area contributed by atoms with E-state index < -0.39 is 0 Å². The number of hydrogen-bond donors (Lipinski definition) is 0. The molecule has 88 valence electrons. The molecule has 0 saturated carbocycles. The van der Waals surface area contributed by atoms with Crippen LogP contribution in [0.15, 0.2) is 0 Å². The average Bonchev–Trinajstić information content (AvgIpc) is 2.39. The third-order valence-electron chi connectivity index (χ3n) is 3.06. The van der Waals surface area contributed by atoms with Crippen LogP contribution in [0.3, 0.4) is 0 Å². The van der Waals surface area contributed by atoms with Crippen molar-refractivity contribution in [3.63, 3.8) is 0 Å². The van der Waals surface area contributed by atoms with E-state index >= 15 is 0 Å². The zero-order chi connectivity index (χ0) is 10.9. The molecule has 0 aromatic carbocycles. The molecule has 0 aromatic heterocycles. The first-order chi connectivity index (χ1) is 7.33. The van der Waals surface area contributed by atoms with E-state index in [9.17, 15) is 4.79 Å². The zero-order valence-corrected chi connectivity index (χ0v) is 9.83. The first-order valence-electron chi connectivity index (χ1n) is 6.12. The van der Waals surface area contributed by atoms with Crippen LogP contribution in [0.4, 0.5) is 0 Å². The third kappa shape index (κ3) is 5.78. The van der Waals surface area contributed by atoms with Crippen LogP contribution in [0.1, 0.15) is 44.9 Å². The lowest BCUT2D eigenvalue weighted by Crippen LogP contribution is -2.28.